The van der Waals surface area contributed by atoms with E-state index in [1.807, 2.05) is 32.9 Å². The van der Waals surface area contributed by atoms with E-state index in [1.165, 1.54) is 0 Å². The van der Waals surface area contributed by atoms with Gasteiger partial charge in [0.15, 0.2) is 17.4 Å². The van der Waals surface area contributed by atoms with Gasteiger partial charge >= 0.3 is 0 Å². The zero-order valence-electron chi connectivity index (χ0n) is 11.4. The van der Waals surface area contributed by atoms with Crippen molar-refractivity contribution in [3.8, 4) is 0 Å². The number of nitrogens with zero attached hydrogens (tertiary/aromatic N) is 2. The van der Waals surface area contributed by atoms with Crippen LogP contribution in [0.15, 0.2) is 28.8 Å². The van der Waals surface area contributed by atoms with Crippen LogP contribution < -0.4 is 0 Å². The summed E-state index contributed by atoms with van der Waals surface area (Å²) in [7, 11) is 0. The first-order valence-corrected chi connectivity index (χ1v) is 6.21. The molecule has 0 N–H and O–H groups in total. The molecule has 4 heteroatoms. The van der Waals surface area contributed by atoms with Crippen molar-refractivity contribution >= 4 is 23.3 Å². The number of Topliss-reactive ketones (excluding diaryl/α,β-unsaturated/α-hetero) is 2. The molecule has 1 aromatic rings. The number of hydrogen-bond acceptors (Lipinski definition) is 4. The highest BCUT2D eigenvalue weighted by Crippen LogP contribution is 2.32. The van der Waals surface area contributed by atoms with E-state index in [4.69, 9.17) is 0 Å². The number of aromatic nitrogens is 1. The zero-order chi connectivity index (χ0) is 14.0. The predicted molar refractivity (Wildman–Crippen MR) is 72.6 cm³/mol. The molecule has 1 fully saturated rings. The van der Waals surface area contributed by atoms with E-state index >= 15 is 0 Å². The fourth-order valence-corrected chi connectivity index (χ4v) is 2.09. The third-order valence-corrected chi connectivity index (χ3v) is 2.99. The summed E-state index contributed by atoms with van der Waals surface area (Å²) in [4.78, 5) is 32.0. The smallest absolute Gasteiger partial charge is 0.176 e. The fourth-order valence-electron chi connectivity index (χ4n) is 2.09. The van der Waals surface area contributed by atoms with Gasteiger partial charge in [-0.25, -0.2) is 4.98 Å². The monoisotopic (exact) mass is 256 g/mol. The van der Waals surface area contributed by atoms with E-state index in [2.05, 4.69) is 15.8 Å². The lowest BCUT2D eigenvalue weighted by Crippen LogP contribution is -2.31. The maximum absolute atomic E-state index is 11.9. The summed E-state index contributed by atoms with van der Waals surface area (Å²) < 4.78 is 0. The van der Waals surface area contributed by atoms with Crippen molar-refractivity contribution in [2.75, 3.05) is 0 Å². The second kappa shape index (κ2) is 4.90. The Morgan fingerprint density at radius 3 is 2.42 bits per heavy atom. The molecule has 0 spiro atoms. The highest BCUT2D eigenvalue weighted by atomic mass is 16.1. The molecule has 98 valence electrons. The molecule has 1 aromatic heterocycles. The van der Waals surface area contributed by atoms with Crippen molar-refractivity contribution in [1.29, 1.82) is 0 Å². The summed E-state index contributed by atoms with van der Waals surface area (Å²) in [5, 5.41) is 0. The Kier molecular flexibility index (Phi) is 3.45. The number of allylic oxidation sites excluding steroid dienone is 1. The molecule has 1 saturated carbocycles. The number of pyridine rings is 1. The van der Waals surface area contributed by atoms with Gasteiger partial charge in [-0.2, -0.15) is 4.99 Å². The molecule has 1 aliphatic carbocycles. The van der Waals surface area contributed by atoms with Gasteiger partial charge in [0, 0.05) is 24.4 Å². The van der Waals surface area contributed by atoms with Crippen molar-refractivity contribution in [2.24, 2.45) is 10.4 Å². The number of ketones is 2. The Bertz CT molecular complexity index is 586. The summed E-state index contributed by atoms with van der Waals surface area (Å²) in [5.74, 6) is 2.67. The first-order valence-electron chi connectivity index (χ1n) is 6.21. The third-order valence-electron chi connectivity index (χ3n) is 2.99. The average molecular weight is 256 g/mol. The molecule has 0 amide bonds. The van der Waals surface area contributed by atoms with Crippen molar-refractivity contribution in [3.63, 3.8) is 0 Å². The van der Waals surface area contributed by atoms with Crippen molar-refractivity contribution in [2.45, 2.75) is 33.6 Å². The molecular formula is C15H16N2O2. The Hall–Kier alpha value is -2.06. The molecule has 0 unspecified atom stereocenters. The van der Waals surface area contributed by atoms with Gasteiger partial charge < -0.3 is 0 Å². The normalized spacial score (nSPS) is 18.2. The average Bonchev–Trinajstić information content (AvgIpc) is 2.26. The summed E-state index contributed by atoms with van der Waals surface area (Å²) in [6, 6.07) is 5.38. The molecule has 0 aliphatic heterocycles. The fraction of sp³-hybridized carbons (Fsp3) is 0.400. The third kappa shape index (κ3) is 3.24. The number of carbonyl (C=O) groups excluding carboxylic acids is 2. The summed E-state index contributed by atoms with van der Waals surface area (Å²) in [6.07, 6.45) is 0.718. The van der Waals surface area contributed by atoms with Gasteiger partial charge in [-0.1, -0.05) is 19.9 Å². The number of aryl methyl sites for hydroxylation is 1. The zero-order valence-corrected chi connectivity index (χ0v) is 11.4. The van der Waals surface area contributed by atoms with Crippen LogP contribution in [0.1, 0.15) is 32.4 Å². The molecule has 0 bridgehead atoms. The molecule has 2 rings (SSSR count). The predicted octanol–water partition coefficient (Wildman–Crippen LogP) is 2.58. The quantitative estimate of drug-likeness (QED) is 0.441. The van der Waals surface area contributed by atoms with Gasteiger partial charge in [0.1, 0.15) is 5.57 Å². The minimum Gasteiger partial charge on any atom is -0.293 e. The highest BCUT2D eigenvalue weighted by molar-refractivity contribution is 6.27. The van der Waals surface area contributed by atoms with Crippen LogP contribution >= 0.6 is 0 Å². The van der Waals surface area contributed by atoms with Crippen LogP contribution in [0.3, 0.4) is 0 Å². The first kappa shape index (κ1) is 13.4. The van der Waals surface area contributed by atoms with Gasteiger partial charge in [0.25, 0.3) is 0 Å². The molecule has 0 atom stereocenters. The number of carbonyl (C=O) groups is 2. The second-order valence-electron chi connectivity index (χ2n) is 5.60. The second-order valence-corrected chi connectivity index (χ2v) is 5.60. The highest BCUT2D eigenvalue weighted by Gasteiger charge is 2.35. The lowest BCUT2D eigenvalue weighted by atomic mass is 9.74. The van der Waals surface area contributed by atoms with Crippen LogP contribution in [0.5, 0.6) is 0 Å². The Labute approximate surface area is 112 Å². The van der Waals surface area contributed by atoms with Crippen molar-refractivity contribution in [1.82, 2.24) is 4.98 Å². The van der Waals surface area contributed by atoms with Crippen molar-refractivity contribution in [3.05, 3.63) is 29.5 Å². The summed E-state index contributed by atoms with van der Waals surface area (Å²) in [6.45, 7) is 5.68. The van der Waals surface area contributed by atoms with Gasteiger partial charge in [-0.15, -0.1) is 0 Å². The molecule has 1 heterocycles. The van der Waals surface area contributed by atoms with E-state index in [9.17, 15) is 9.59 Å². The summed E-state index contributed by atoms with van der Waals surface area (Å²) >= 11 is 0. The van der Waals surface area contributed by atoms with Crippen molar-refractivity contribution < 1.29 is 9.59 Å². The maximum atomic E-state index is 11.9. The molecule has 0 saturated heterocycles. The van der Waals surface area contributed by atoms with Crippen LogP contribution in [0.2, 0.25) is 0 Å². The van der Waals surface area contributed by atoms with Crippen LogP contribution in [0, 0.1) is 12.3 Å². The molecule has 1 aliphatic rings. The Balaban J connectivity index is 2.33. The Morgan fingerprint density at radius 2 is 1.84 bits per heavy atom. The summed E-state index contributed by atoms with van der Waals surface area (Å²) in [5.41, 5.74) is 0.638. The minimum absolute atomic E-state index is 0.0719. The van der Waals surface area contributed by atoms with Crippen LogP contribution in [-0.2, 0) is 9.59 Å². The van der Waals surface area contributed by atoms with E-state index in [1.54, 1.807) is 6.07 Å². The number of hydrogen-bond donors (Lipinski definition) is 0. The SMILES string of the molecule is Cc1cccc(N=C=C2C(=O)CC(C)(C)CC2=O)n1. The van der Waals surface area contributed by atoms with E-state index in [-0.39, 0.29) is 22.6 Å². The molecule has 4 nitrogen and oxygen atoms in total. The van der Waals surface area contributed by atoms with E-state index in [0.29, 0.717) is 18.7 Å². The number of rotatable bonds is 1. The number of aliphatic imine (C=N–C) groups is 1. The molecular weight excluding hydrogens is 240 g/mol. The first-order chi connectivity index (χ1) is 8.87. The molecule has 0 aromatic carbocycles. The van der Waals surface area contributed by atoms with Gasteiger partial charge in [0.2, 0.25) is 0 Å². The topological polar surface area (TPSA) is 59.4 Å². The minimum atomic E-state index is -0.263. The van der Waals surface area contributed by atoms with E-state index < -0.39 is 0 Å². The van der Waals surface area contributed by atoms with Gasteiger partial charge in [-0.3, -0.25) is 9.59 Å². The molecule has 19 heavy (non-hydrogen) atoms. The van der Waals surface area contributed by atoms with Gasteiger partial charge in [0.05, 0.1) is 0 Å². The largest absolute Gasteiger partial charge is 0.293 e. The standard InChI is InChI=1S/C15H16N2O2/c1-10-5-4-6-14(17-10)16-9-11-12(18)7-15(2,3)8-13(11)19/h4-6H,7-8H2,1-3H3. The van der Waals surface area contributed by atoms with E-state index in [0.717, 1.165) is 5.69 Å². The maximum Gasteiger partial charge on any atom is 0.176 e. The van der Waals surface area contributed by atoms with Gasteiger partial charge in [-0.05, 0) is 24.5 Å². The van der Waals surface area contributed by atoms with Crippen LogP contribution in [0.25, 0.3) is 0 Å². The lowest BCUT2D eigenvalue weighted by molar-refractivity contribution is -0.127. The van der Waals surface area contributed by atoms with Crippen LogP contribution in [-0.4, -0.2) is 22.4 Å². The van der Waals surface area contributed by atoms with Crippen LogP contribution in [0.4, 0.5) is 5.82 Å². The Morgan fingerprint density at radius 1 is 1.21 bits per heavy atom. The molecule has 0 radical (unpaired) electrons. The lowest BCUT2D eigenvalue weighted by Gasteiger charge is -2.27.